The Morgan fingerprint density at radius 3 is 2.62 bits per heavy atom. The standard InChI is InChI=1S/C11H14ClFN2O/c1-6(7(2)14)11(16)15-8-3-4-9(12)10(13)5-8/h3-7H,14H2,1-2H3,(H,15,16). The van der Waals surface area contributed by atoms with Gasteiger partial charge in [0.05, 0.1) is 10.9 Å². The molecule has 1 rings (SSSR count). The molecule has 0 bridgehead atoms. The molecule has 0 radical (unpaired) electrons. The van der Waals surface area contributed by atoms with E-state index in [1.807, 2.05) is 0 Å². The summed E-state index contributed by atoms with van der Waals surface area (Å²) >= 11 is 5.52. The van der Waals surface area contributed by atoms with Crippen molar-refractivity contribution in [2.24, 2.45) is 11.7 Å². The van der Waals surface area contributed by atoms with Gasteiger partial charge in [-0.1, -0.05) is 18.5 Å². The highest BCUT2D eigenvalue weighted by Gasteiger charge is 2.17. The summed E-state index contributed by atoms with van der Waals surface area (Å²) < 4.78 is 13.1. The monoisotopic (exact) mass is 244 g/mol. The lowest BCUT2D eigenvalue weighted by Crippen LogP contribution is -2.34. The molecule has 2 atom stereocenters. The van der Waals surface area contributed by atoms with Crippen molar-refractivity contribution in [3.63, 3.8) is 0 Å². The second-order valence-electron chi connectivity index (χ2n) is 3.77. The van der Waals surface area contributed by atoms with Crippen molar-refractivity contribution >= 4 is 23.2 Å². The van der Waals surface area contributed by atoms with Crippen molar-refractivity contribution in [3.8, 4) is 0 Å². The molecule has 0 aliphatic rings. The van der Waals surface area contributed by atoms with Crippen LogP contribution in [0.15, 0.2) is 18.2 Å². The molecule has 3 N–H and O–H groups in total. The van der Waals surface area contributed by atoms with Crippen LogP contribution in [0.5, 0.6) is 0 Å². The molecule has 0 saturated carbocycles. The van der Waals surface area contributed by atoms with Crippen LogP contribution in [0.1, 0.15) is 13.8 Å². The van der Waals surface area contributed by atoms with Gasteiger partial charge in [-0.15, -0.1) is 0 Å². The minimum absolute atomic E-state index is 0.0261. The van der Waals surface area contributed by atoms with E-state index in [9.17, 15) is 9.18 Å². The number of nitrogens with one attached hydrogen (secondary N) is 1. The Kier molecular flexibility index (Phi) is 4.26. The van der Waals surface area contributed by atoms with Crippen LogP contribution in [0.25, 0.3) is 0 Å². The minimum atomic E-state index is -0.562. The van der Waals surface area contributed by atoms with E-state index in [1.165, 1.54) is 18.2 Å². The van der Waals surface area contributed by atoms with Gasteiger partial charge in [0.25, 0.3) is 0 Å². The van der Waals surface area contributed by atoms with Gasteiger partial charge < -0.3 is 11.1 Å². The molecule has 0 aliphatic heterocycles. The minimum Gasteiger partial charge on any atom is -0.327 e. The number of benzene rings is 1. The predicted molar refractivity (Wildman–Crippen MR) is 62.9 cm³/mol. The predicted octanol–water partition coefficient (Wildman–Crippen LogP) is 2.40. The molecule has 88 valence electrons. The first-order valence-electron chi connectivity index (χ1n) is 4.93. The molecule has 0 heterocycles. The Morgan fingerprint density at radius 2 is 2.12 bits per heavy atom. The lowest BCUT2D eigenvalue weighted by Gasteiger charge is -2.15. The molecule has 1 amide bonds. The molecule has 0 fully saturated rings. The summed E-state index contributed by atoms with van der Waals surface area (Å²) in [6, 6.07) is 3.85. The number of carbonyl (C=O) groups excluding carboxylic acids is 1. The van der Waals surface area contributed by atoms with E-state index in [0.29, 0.717) is 5.69 Å². The van der Waals surface area contributed by atoms with Crippen molar-refractivity contribution in [2.45, 2.75) is 19.9 Å². The SMILES string of the molecule is CC(N)C(C)C(=O)Nc1ccc(Cl)c(F)c1. The first-order chi connectivity index (χ1) is 7.41. The smallest absolute Gasteiger partial charge is 0.228 e. The fraction of sp³-hybridized carbons (Fsp3) is 0.364. The van der Waals surface area contributed by atoms with Crippen LogP contribution >= 0.6 is 11.6 Å². The van der Waals surface area contributed by atoms with Crippen molar-refractivity contribution in [3.05, 3.63) is 29.0 Å². The Hall–Kier alpha value is -1.13. The van der Waals surface area contributed by atoms with E-state index >= 15 is 0 Å². The number of halogens is 2. The summed E-state index contributed by atoms with van der Waals surface area (Å²) in [5.41, 5.74) is 5.96. The number of anilines is 1. The van der Waals surface area contributed by atoms with Crippen LogP contribution in [-0.2, 0) is 4.79 Å². The van der Waals surface area contributed by atoms with E-state index in [1.54, 1.807) is 13.8 Å². The third-order valence-electron chi connectivity index (χ3n) is 2.39. The van der Waals surface area contributed by atoms with Gasteiger partial charge in [0.1, 0.15) is 5.82 Å². The third kappa shape index (κ3) is 3.18. The van der Waals surface area contributed by atoms with E-state index in [-0.39, 0.29) is 22.9 Å². The molecule has 1 aromatic carbocycles. The van der Waals surface area contributed by atoms with E-state index in [4.69, 9.17) is 17.3 Å². The number of carbonyl (C=O) groups is 1. The molecule has 16 heavy (non-hydrogen) atoms. The van der Waals surface area contributed by atoms with Crippen LogP contribution < -0.4 is 11.1 Å². The van der Waals surface area contributed by atoms with Gasteiger partial charge in [0.2, 0.25) is 5.91 Å². The summed E-state index contributed by atoms with van der Waals surface area (Å²) in [7, 11) is 0. The van der Waals surface area contributed by atoms with Gasteiger partial charge in [0, 0.05) is 11.7 Å². The molecular formula is C11H14ClFN2O. The summed E-state index contributed by atoms with van der Waals surface area (Å²) in [4.78, 5) is 11.6. The fourth-order valence-corrected chi connectivity index (χ4v) is 1.19. The Balaban J connectivity index is 2.74. The number of amides is 1. The van der Waals surface area contributed by atoms with Gasteiger partial charge in [-0.25, -0.2) is 4.39 Å². The normalized spacial score (nSPS) is 14.3. The number of hydrogen-bond donors (Lipinski definition) is 2. The van der Waals surface area contributed by atoms with Crippen LogP contribution in [0.2, 0.25) is 5.02 Å². The zero-order valence-electron chi connectivity index (χ0n) is 9.13. The van der Waals surface area contributed by atoms with Crippen molar-refractivity contribution in [1.29, 1.82) is 0 Å². The number of nitrogens with two attached hydrogens (primary N) is 1. The number of rotatable bonds is 3. The molecule has 5 heteroatoms. The quantitative estimate of drug-likeness (QED) is 0.858. The highest BCUT2D eigenvalue weighted by molar-refractivity contribution is 6.30. The Morgan fingerprint density at radius 1 is 1.50 bits per heavy atom. The van der Waals surface area contributed by atoms with Crippen molar-refractivity contribution < 1.29 is 9.18 Å². The Bertz CT molecular complexity index is 396. The maximum absolute atomic E-state index is 13.1. The molecule has 1 aromatic rings. The molecule has 3 nitrogen and oxygen atoms in total. The lowest BCUT2D eigenvalue weighted by atomic mass is 10.0. The van der Waals surface area contributed by atoms with Crippen molar-refractivity contribution in [2.75, 3.05) is 5.32 Å². The first kappa shape index (κ1) is 12.9. The maximum Gasteiger partial charge on any atom is 0.228 e. The van der Waals surface area contributed by atoms with Crippen LogP contribution in [-0.4, -0.2) is 11.9 Å². The van der Waals surface area contributed by atoms with E-state index in [0.717, 1.165) is 0 Å². The lowest BCUT2D eigenvalue weighted by molar-refractivity contribution is -0.119. The summed E-state index contributed by atoms with van der Waals surface area (Å²) in [5.74, 6) is -1.14. The average Bonchev–Trinajstić information content (AvgIpc) is 2.22. The third-order valence-corrected chi connectivity index (χ3v) is 2.70. The summed E-state index contributed by atoms with van der Waals surface area (Å²) in [6.45, 7) is 3.46. The van der Waals surface area contributed by atoms with Crippen LogP contribution in [0.3, 0.4) is 0 Å². The van der Waals surface area contributed by atoms with Gasteiger partial charge >= 0.3 is 0 Å². The highest BCUT2D eigenvalue weighted by atomic mass is 35.5. The highest BCUT2D eigenvalue weighted by Crippen LogP contribution is 2.19. The molecule has 0 aromatic heterocycles. The fourth-order valence-electron chi connectivity index (χ4n) is 1.07. The average molecular weight is 245 g/mol. The van der Waals surface area contributed by atoms with Gasteiger partial charge in [-0.3, -0.25) is 4.79 Å². The number of hydrogen-bond acceptors (Lipinski definition) is 2. The topological polar surface area (TPSA) is 55.1 Å². The largest absolute Gasteiger partial charge is 0.327 e. The van der Waals surface area contributed by atoms with E-state index < -0.39 is 5.82 Å². The molecule has 2 unspecified atom stereocenters. The Labute approximate surface area is 98.8 Å². The molecule has 0 aliphatic carbocycles. The first-order valence-corrected chi connectivity index (χ1v) is 5.31. The summed E-state index contributed by atoms with van der Waals surface area (Å²) in [5, 5.41) is 2.60. The van der Waals surface area contributed by atoms with Crippen LogP contribution in [0.4, 0.5) is 10.1 Å². The summed E-state index contributed by atoms with van der Waals surface area (Å²) in [6.07, 6.45) is 0. The van der Waals surface area contributed by atoms with Gasteiger partial charge in [0.15, 0.2) is 0 Å². The van der Waals surface area contributed by atoms with E-state index in [2.05, 4.69) is 5.32 Å². The molecular weight excluding hydrogens is 231 g/mol. The van der Waals surface area contributed by atoms with Crippen LogP contribution in [0, 0.1) is 11.7 Å². The second-order valence-corrected chi connectivity index (χ2v) is 4.17. The zero-order chi connectivity index (χ0) is 12.3. The van der Waals surface area contributed by atoms with Gasteiger partial charge in [-0.2, -0.15) is 0 Å². The van der Waals surface area contributed by atoms with Gasteiger partial charge in [-0.05, 0) is 25.1 Å². The van der Waals surface area contributed by atoms with Crippen molar-refractivity contribution in [1.82, 2.24) is 0 Å². The zero-order valence-corrected chi connectivity index (χ0v) is 9.88. The maximum atomic E-state index is 13.1. The second kappa shape index (κ2) is 5.27. The molecule has 0 spiro atoms. The molecule has 0 saturated heterocycles.